The van der Waals surface area contributed by atoms with E-state index in [0.29, 0.717) is 23.0 Å². The van der Waals surface area contributed by atoms with Gasteiger partial charge in [-0.25, -0.2) is 0 Å². The Kier molecular flexibility index (Phi) is 6.42. The number of benzene rings is 6. The van der Waals surface area contributed by atoms with Crippen molar-refractivity contribution in [2.24, 2.45) is 0 Å². The zero-order valence-corrected chi connectivity index (χ0v) is 28.4. The van der Waals surface area contributed by atoms with Gasteiger partial charge in [0.1, 0.15) is 11.4 Å². The maximum atomic E-state index is 4.90. The maximum Gasteiger partial charge on any atom is 0.187 e. The smallest absolute Gasteiger partial charge is 0.187 e. The van der Waals surface area contributed by atoms with Crippen LogP contribution in [0.15, 0.2) is 176 Å². The molecule has 0 bridgehead atoms. The van der Waals surface area contributed by atoms with Gasteiger partial charge in [-0.05, 0) is 71.4 Å². The highest BCUT2D eigenvalue weighted by molar-refractivity contribution is 6.10. The molecule has 0 spiro atoms. The zero-order valence-electron chi connectivity index (χ0n) is 28.4. The molecular weight excluding hydrogens is 651 g/mol. The average molecular weight is 680 g/mol. The summed E-state index contributed by atoms with van der Waals surface area (Å²) in [6, 6.07) is 57.2. The summed E-state index contributed by atoms with van der Waals surface area (Å²) in [5, 5.41) is 16.8. The van der Waals surface area contributed by atoms with Crippen molar-refractivity contribution in [1.82, 2.24) is 33.9 Å². The highest BCUT2D eigenvalue weighted by Crippen LogP contribution is 2.36. The van der Waals surface area contributed by atoms with Crippen LogP contribution < -0.4 is 0 Å². The van der Waals surface area contributed by atoms with E-state index in [9.17, 15) is 0 Å². The van der Waals surface area contributed by atoms with Gasteiger partial charge in [0.25, 0.3) is 0 Å². The first-order valence-corrected chi connectivity index (χ1v) is 17.6. The maximum absolute atomic E-state index is 4.90. The standard InChI is InChI=1S/C46H29N7/c1-2-12-31-27-32(22-21-30(31)11-1)53-45(39-28-33(23-25-47-39)51-41-17-7-3-13-35(41)36-14-4-8-18-42(36)51)49-50-46(53)40-29-34(24-26-48-40)52-43-19-9-5-15-37(43)38-16-6-10-20-44(38)52/h1-29H. The second-order valence-corrected chi connectivity index (χ2v) is 13.3. The molecule has 5 aromatic heterocycles. The molecule has 11 aromatic rings. The molecule has 0 N–H and O–H groups in total. The largest absolute Gasteiger partial charge is 0.309 e. The molecule has 6 aromatic carbocycles. The van der Waals surface area contributed by atoms with Crippen molar-refractivity contribution in [2.45, 2.75) is 0 Å². The van der Waals surface area contributed by atoms with E-state index < -0.39 is 0 Å². The first-order chi connectivity index (χ1) is 26.3. The van der Waals surface area contributed by atoms with Gasteiger partial charge in [-0.15, -0.1) is 10.2 Å². The fraction of sp³-hybridized carbons (Fsp3) is 0. The molecule has 248 valence electrons. The van der Waals surface area contributed by atoms with Crippen LogP contribution in [-0.2, 0) is 0 Å². The highest BCUT2D eigenvalue weighted by atomic mass is 15.3. The minimum absolute atomic E-state index is 0.627. The van der Waals surface area contributed by atoms with E-state index in [1.54, 1.807) is 0 Å². The summed E-state index contributed by atoms with van der Waals surface area (Å²) in [4.78, 5) is 9.80. The monoisotopic (exact) mass is 679 g/mol. The number of hydrogen-bond donors (Lipinski definition) is 0. The lowest BCUT2D eigenvalue weighted by Gasteiger charge is -2.14. The Morgan fingerprint density at radius 2 is 0.717 bits per heavy atom. The Bertz CT molecular complexity index is 2920. The third-order valence-corrected chi connectivity index (χ3v) is 10.3. The molecule has 0 aliphatic carbocycles. The molecule has 7 nitrogen and oxygen atoms in total. The quantitative estimate of drug-likeness (QED) is 0.182. The molecule has 0 unspecified atom stereocenters. The summed E-state index contributed by atoms with van der Waals surface area (Å²) in [6.07, 6.45) is 3.71. The van der Waals surface area contributed by atoms with Gasteiger partial charge in [-0.2, -0.15) is 0 Å². The number of para-hydroxylation sites is 4. The summed E-state index contributed by atoms with van der Waals surface area (Å²) in [7, 11) is 0. The molecule has 0 aliphatic rings. The number of nitrogens with zero attached hydrogens (tertiary/aromatic N) is 7. The molecule has 0 fully saturated rings. The van der Waals surface area contributed by atoms with Crippen LogP contribution in [0.5, 0.6) is 0 Å². The topological polar surface area (TPSA) is 66.3 Å². The van der Waals surface area contributed by atoms with Gasteiger partial charge in [-0.1, -0.05) is 103 Å². The molecule has 0 atom stereocenters. The lowest BCUT2D eigenvalue weighted by Crippen LogP contribution is -2.04. The van der Waals surface area contributed by atoms with Crippen molar-refractivity contribution in [2.75, 3.05) is 0 Å². The fourth-order valence-corrected chi connectivity index (χ4v) is 7.94. The summed E-state index contributed by atoms with van der Waals surface area (Å²) < 4.78 is 6.68. The lowest BCUT2D eigenvalue weighted by atomic mass is 10.1. The minimum atomic E-state index is 0.627. The summed E-state index contributed by atoms with van der Waals surface area (Å²) in [5.74, 6) is 1.25. The zero-order chi connectivity index (χ0) is 34.9. The number of hydrogen-bond acceptors (Lipinski definition) is 4. The van der Waals surface area contributed by atoms with E-state index in [-0.39, 0.29) is 0 Å². The van der Waals surface area contributed by atoms with Crippen molar-refractivity contribution in [1.29, 1.82) is 0 Å². The predicted molar refractivity (Wildman–Crippen MR) is 214 cm³/mol. The fourth-order valence-electron chi connectivity index (χ4n) is 7.94. The van der Waals surface area contributed by atoms with Gasteiger partial charge in [0.2, 0.25) is 0 Å². The molecule has 0 aliphatic heterocycles. The van der Waals surface area contributed by atoms with Crippen LogP contribution in [0.2, 0.25) is 0 Å². The number of rotatable bonds is 5. The van der Waals surface area contributed by atoms with E-state index >= 15 is 0 Å². The third kappa shape index (κ3) is 4.54. The van der Waals surface area contributed by atoms with E-state index in [1.807, 2.05) is 12.4 Å². The summed E-state index contributed by atoms with van der Waals surface area (Å²) >= 11 is 0. The van der Waals surface area contributed by atoms with Crippen LogP contribution in [0.1, 0.15) is 0 Å². The van der Waals surface area contributed by atoms with Gasteiger partial charge in [0.15, 0.2) is 11.6 Å². The summed E-state index contributed by atoms with van der Waals surface area (Å²) in [5.41, 5.74) is 8.85. The molecule has 53 heavy (non-hydrogen) atoms. The normalized spacial score (nSPS) is 11.8. The molecule has 11 rings (SSSR count). The van der Waals surface area contributed by atoms with E-state index in [1.165, 1.54) is 21.5 Å². The first-order valence-electron chi connectivity index (χ1n) is 17.6. The molecular formula is C46H29N7. The Balaban J connectivity index is 1.13. The average Bonchev–Trinajstić information content (AvgIpc) is 3.92. The van der Waals surface area contributed by atoms with Crippen LogP contribution in [0.3, 0.4) is 0 Å². The van der Waals surface area contributed by atoms with Crippen molar-refractivity contribution < 1.29 is 0 Å². The Morgan fingerprint density at radius 1 is 0.321 bits per heavy atom. The molecule has 0 radical (unpaired) electrons. The van der Waals surface area contributed by atoms with Gasteiger partial charge >= 0.3 is 0 Å². The van der Waals surface area contributed by atoms with Crippen LogP contribution in [0.4, 0.5) is 0 Å². The highest BCUT2D eigenvalue weighted by Gasteiger charge is 2.22. The van der Waals surface area contributed by atoms with Gasteiger partial charge in [0.05, 0.1) is 22.1 Å². The van der Waals surface area contributed by atoms with Gasteiger partial charge in [0, 0.05) is 51.0 Å². The number of fused-ring (bicyclic) bond motifs is 7. The molecule has 0 amide bonds. The first kappa shape index (κ1) is 29.4. The third-order valence-electron chi connectivity index (χ3n) is 10.3. The van der Waals surface area contributed by atoms with Crippen LogP contribution in [0, 0.1) is 0 Å². The minimum Gasteiger partial charge on any atom is -0.309 e. The Labute approximate surface area is 303 Å². The molecule has 7 heteroatoms. The SMILES string of the molecule is c1ccc2cc(-n3c(-c4cc(-n5c6ccccc6c6ccccc65)ccn4)nnc3-c3cc(-n4c5ccccc5c5ccccc54)ccn3)ccc2c1. The Morgan fingerprint density at radius 3 is 1.19 bits per heavy atom. The Hall–Kier alpha value is -7.38. The van der Waals surface area contributed by atoms with E-state index in [0.717, 1.165) is 49.9 Å². The van der Waals surface area contributed by atoms with Gasteiger partial charge < -0.3 is 9.13 Å². The van der Waals surface area contributed by atoms with Gasteiger partial charge in [-0.3, -0.25) is 14.5 Å². The van der Waals surface area contributed by atoms with Crippen molar-refractivity contribution in [3.8, 4) is 40.1 Å². The van der Waals surface area contributed by atoms with Crippen LogP contribution >= 0.6 is 0 Å². The predicted octanol–water partition coefficient (Wildman–Crippen LogP) is 10.7. The van der Waals surface area contributed by atoms with Crippen molar-refractivity contribution in [3.05, 3.63) is 176 Å². The van der Waals surface area contributed by atoms with Crippen molar-refractivity contribution >= 4 is 54.4 Å². The number of pyridine rings is 2. The number of aromatic nitrogens is 7. The van der Waals surface area contributed by atoms with E-state index in [4.69, 9.17) is 20.2 Å². The molecule has 0 saturated heterocycles. The van der Waals surface area contributed by atoms with Crippen LogP contribution in [-0.4, -0.2) is 33.9 Å². The second-order valence-electron chi connectivity index (χ2n) is 13.3. The van der Waals surface area contributed by atoms with Crippen LogP contribution in [0.25, 0.3) is 94.5 Å². The van der Waals surface area contributed by atoms with E-state index in [2.05, 4.69) is 177 Å². The summed E-state index contributed by atoms with van der Waals surface area (Å²) in [6.45, 7) is 0. The van der Waals surface area contributed by atoms with Crippen molar-refractivity contribution in [3.63, 3.8) is 0 Å². The molecule has 0 saturated carbocycles. The lowest BCUT2D eigenvalue weighted by molar-refractivity contribution is 1.04. The molecule has 5 heterocycles. The second kappa shape index (κ2) is 11.6.